The van der Waals surface area contributed by atoms with E-state index in [0.717, 1.165) is 6.26 Å². The van der Waals surface area contributed by atoms with Crippen molar-refractivity contribution in [3.8, 4) is 11.8 Å². The minimum atomic E-state index is -3.24. The van der Waals surface area contributed by atoms with Gasteiger partial charge in [-0.05, 0) is 19.1 Å². The van der Waals surface area contributed by atoms with E-state index in [2.05, 4.69) is 22.1 Å². The predicted molar refractivity (Wildman–Crippen MR) is 59.3 cm³/mol. The summed E-state index contributed by atoms with van der Waals surface area (Å²) in [5.74, 6) is 5.84. The Labute approximate surface area is 89.7 Å². The van der Waals surface area contributed by atoms with Gasteiger partial charge in [-0.3, -0.25) is 0 Å². The van der Waals surface area contributed by atoms with Gasteiger partial charge >= 0.3 is 0 Å². The first-order chi connectivity index (χ1) is 7.05. The molecule has 80 valence electrons. The zero-order valence-electron chi connectivity index (χ0n) is 8.61. The van der Waals surface area contributed by atoms with Crippen LogP contribution in [0.1, 0.15) is 6.92 Å². The molecular weight excluding hydrogens is 212 g/mol. The highest BCUT2D eigenvalue weighted by molar-refractivity contribution is 7.90. The Bertz CT molecular complexity index is 498. The van der Waals surface area contributed by atoms with Gasteiger partial charge in [0.15, 0.2) is 9.84 Å². The molecule has 1 aromatic rings. The monoisotopic (exact) mass is 224 g/mol. The highest BCUT2D eigenvalue weighted by Crippen LogP contribution is 2.16. The minimum absolute atomic E-state index is 0.197. The lowest BCUT2D eigenvalue weighted by molar-refractivity contribution is 0.602. The van der Waals surface area contributed by atoms with Gasteiger partial charge in [0.05, 0.1) is 6.54 Å². The quantitative estimate of drug-likeness (QED) is 0.776. The van der Waals surface area contributed by atoms with Crippen molar-refractivity contribution in [1.82, 2.24) is 4.98 Å². The van der Waals surface area contributed by atoms with Crippen LogP contribution in [-0.2, 0) is 9.84 Å². The number of hydrogen-bond donors (Lipinski definition) is 1. The van der Waals surface area contributed by atoms with Gasteiger partial charge in [-0.2, -0.15) is 0 Å². The van der Waals surface area contributed by atoms with Crippen molar-refractivity contribution in [1.29, 1.82) is 0 Å². The minimum Gasteiger partial charge on any atom is -0.358 e. The summed E-state index contributed by atoms with van der Waals surface area (Å²) >= 11 is 0. The summed E-state index contributed by atoms with van der Waals surface area (Å²) in [5.41, 5.74) is 0. The van der Waals surface area contributed by atoms with Gasteiger partial charge in [-0.25, -0.2) is 13.4 Å². The smallest absolute Gasteiger partial charge is 0.179 e. The maximum atomic E-state index is 11.4. The van der Waals surface area contributed by atoms with Crippen molar-refractivity contribution >= 4 is 15.7 Å². The zero-order valence-corrected chi connectivity index (χ0v) is 9.43. The number of rotatable bonds is 3. The largest absolute Gasteiger partial charge is 0.358 e. The van der Waals surface area contributed by atoms with Crippen LogP contribution in [0.5, 0.6) is 0 Å². The molecule has 0 saturated heterocycles. The van der Waals surface area contributed by atoms with Gasteiger partial charge in [0.2, 0.25) is 0 Å². The molecule has 0 unspecified atom stereocenters. The normalized spacial score (nSPS) is 10.3. The summed E-state index contributed by atoms with van der Waals surface area (Å²) in [6.45, 7) is 2.10. The van der Waals surface area contributed by atoms with Crippen LogP contribution in [0.3, 0.4) is 0 Å². The number of pyridine rings is 1. The fraction of sp³-hybridized carbons (Fsp3) is 0.300. The third kappa shape index (κ3) is 3.26. The van der Waals surface area contributed by atoms with Crippen LogP contribution < -0.4 is 5.32 Å². The van der Waals surface area contributed by atoms with Crippen molar-refractivity contribution < 1.29 is 8.42 Å². The lowest BCUT2D eigenvalue weighted by Gasteiger charge is -2.06. The summed E-state index contributed by atoms with van der Waals surface area (Å²) in [5, 5.41) is 2.86. The second-order valence-corrected chi connectivity index (χ2v) is 4.89. The highest BCUT2D eigenvalue weighted by atomic mass is 32.2. The van der Waals surface area contributed by atoms with Gasteiger partial charge in [-0.1, -0.05) is 5.92 Å². The number of hydrogen-bond acceptors (Lipinski definition) is 4. The van der Waals surface area contributed by atoms with Crippen LogP contribution in [0.4, 0.5) is 5.82 Å². The maximum Gasteiger partial charge on any atom is 0.179 e. The molecule has 1 N–H and O–H groups in total. The standard InChI is InChI=1S/C10H12N2O2S/c1-3-4-7-11-10-9(15(2,13)14)6-5-8-12-10/h5-6,8H,7H2,1-2H3,(H,11,12). The topological polar surface area (TPSA) is 59.1 Å². The van der Waals surface area contributed by atoms with Gasteiger partial charge in [-0.15, -0.1) is 5.92 Å². The Kier molecular flexibility index (Phi) is 3.69. The van der Waals surface area contributed by atoms with Crippen LogP contribution in [0.25, 0.3) is 0 Å². The van der Waals surface area contributed by atoms with Crippen molar-refractivity contribution in [2.24, 2.45) is 0 Å². The molecule has 0 amide bonds. The fourth-order valence-electron chi connectivity index (χ4n) is 1.04. The van der Waals surface area contributed by atoms with E-state index in [1.54, 1.807) is 13.0 Å². The molecule has 1 aromatic heterocycles. The third-order valence-corrected chi connectivity index (χ3v) is 2.82. The SMILES string of the molecule is CC#CCNc1ncccc1S(C)(=O)=O. The Hall–Kier alpha value is -1.54. The molecule has 0 spiro atoms. The van der Waals surface area contributed by atoms with E-state index in [0.29, 0.717) is 12.4 Å². The van der Waals surface area contributed by atoms with E-state index in [1.807, 2.05) is 0 Å². The molecule has 15 heavy (non-hydrogen) atoms. The van der Waals surface area contributed by atoms with Crippen LogP contribution >= 0.6 is 0 Å². The van der Waals surface area contributed by atoms with Crippen molar-refractivity contribution in [2.45, 2.75) is 11.8 Å². The number of aromatic nitrogens is 1. The van der Waals surface area contributed by atoms with E-state index >= 15 is 0 Å². The lowest BCUT2D eigenvalue weighted by atomic mass is 10.4. The first kappa shape index (κ1) is 11.5. The van der Waals surface area contributed by atoms with Gasteiger partial charge in [0.1, 0.15) is 10.7 Å². The number of anilines is 1. The maximum absolute atomic E-state index is 11.4. The molecule has 0 atom stereocenters. The second kappa shape index (κ2) is 4.80. The van der Waals surface area contributed by atoms with Crippen LogP contribution in [0, 0.1) is 11.8 Å². The van der Waals surface area contributed by atoms with E-state index in [1.165, 1.54) is 12.3 Å². The molecule has 1 heterocycles. The molecule has 0 fully saturated rings. The van der Waals surface area contributed by atoms with Crippen LogP contribution in [-0.4, -0.2) is 26.2 Å². The summed E-state index contributed by atoms with van der Waals surface area (Å²) in [6, 6.07) is 3.11. The Balaban J connectivity index is 3.01. The van der Waals surface area contributed by atoms with Crippen molar-refractivity contribution in [3.63, 3.8) is 0 Å². The molecule has 0 saturated carbocycles. The van der Waals surface area contributed by atoms with E-state index in [9.17, 15) is 8.42 Å². The molecular formula is C10H12N2O2S. The Morgan fingerprint density at radius 3 is 2.87 bits per heavy atom. The van der Waals surface area contributed by atoms with Crippen LogP contribution in [0.15, 0.2) is 23.2 Å². The van der Waals surface area contributed by atoms with Crippen molar-refractivity contribution in [2.75, 3.05) is 18.1 Å². The number of nitrogens with zero attached hydrogens (tertiary/aromatic N) is 1. The highest BCUT2D eigenvalue weighted by Gasteiger charge is 2.12. The molecule has 5 heteroatoms. The van der Waals surface area contributed by atoms with E-state index < -0.39 is 9.84 Å². The fourth-order valence-corrected chi connectivity index (χ4v) is 1.84. The molecule has 0 aromatic carbocycles. The molecule has 4 nitrogen and oxygen atoms in total. The van der Waals surface area contributed by atoms with E-state index in [4.69, 9.17) is 0 Å². The molecule has 0 radical (unpaired) electrons. The first-order valence-corrected chi connectivity index (χ1v) is 6.23. The van der Waals surface area contributed by atoms with E-state index in [-0.39, 0.29) is 4.90 Å². The lowest BCUT2D eigenvalue weighted by Crippen LogP contribution is -2.07. The summed E-state index contributed by atoms with van der Waals surface area (Å²) in [7, 11) is -3.24. The van der Waals surface area contributed by atoms with Crippen molar-refractivity contribution in [3.05, 3.63) is 18.3 Å². The molecule has 0 aliphatic heterocycles. The average Bonchev–Trinajstić information content (AvgIpc) is 2.17. The second-order valence-electron chi connectivity index (χ2n) is 2.90. The van der Waals surface area contributed by atoms with Gasteiger partial charge < -0.3 is 5.32 Å². The third-order valence-electron chi connectivity index (χ3n) is 1.69. The summed E-state index contributed by atoms with van der Waals surface area (Å²) in [4.78, 5) is 4.16. The number of nitrogens with one attached hydrogen (secondary N) is 1. The Morgan fingerprint density at radius 1 is 1.53 bits per heavy atom. The molecule has 0 aliphatic carbocycles. The molecule has 0 bridgehead atoms. The van der Waals surface area contributed by atoms with Gasteiger partial charge in [0, 0.05) is 12.5 Å². The summed E-state index contributed by atoms with van der Waals surface area (Å²) in [6.07, 6.45) is 2.69. The number of sulfone groups is 1. The van der Waals surface area contributed by atoms with Gasteiger partial charge in [0.25, 0.3) is 0 Å². The Morgan fingerprint density at radius 2 is 2.27 bits per heavy atom. The van der Waals surface area contributed by atoms with Crippen LogP contribution in [0.2, 0.25) is 0 Å². The zero-order chi connectivity index (χ0) is 11.3. The predicted octanol–water partition coefficient (Wildman–Crippen LogP) is 0.920. The average molecular weight is 224 g/mol. The molecule has 1 rings (SSSR count). The first-order valence-electron chi connectivity index (χ1n) is 4.34. The molecule has 0 aliphatic rings. The summed E-state index contributed by atoms with van der Waals surface area (Å²) < 4.78 is 22.7.